The summed E-state index contributed by atoms with van der Waals surface area (Å²) in [5.41, 5.74) is 1.34. The maximum atomic E-state index is 12.1. The molecule has 1 unspecified atom stereocenters. The Balaban J connectivity index is 0.00000324. The van der Waals surface area contributed by atoms with Crippen molar-refractivity contribution in [3.63, 3.8) is 0 Å². The normalized spacial score (nSPS) is 11.6. The molecule has 19 heavy (non-hydrogen) atoms. The lowest BCUT2D eigenvalue weighted by atomic mass is 10.0. The Morgan fingerprint density at radius 3 is 2.00 bits per heavy atom. The van der Waals surface area contributed by atoms with Gasteiger partial charge in [-0.3, -0.25) is 9.59 Å². The third-order valence-electron chi connectivity index (χ3n) is 2.47. The van der Waals surface area contributed by atoms with Gasteiger partial charge in [0.25, 0.3) is 0 Å². The van der Waals surface area contributed by atoms with Crippen molar-refractivity contribution >= 4 is 29.8 Å². The maximum absolute atomic E-state index is 12.1. The first kappa shape index (κ1) is 17.6. The van der Waals surface area contributed by atoms with Crippen LogP contribution in [-0.4, -0.2) is 23.8 Å². The number of nitrogens with one attached hydrogen (secondary N) is 2. The summed E-state index contributed by atoms with van der Waals surface area (Å²) in [5, 5.41) is 5.84. The fourth-order valence-corrected chi connectivity index (χ4v) is 1.75. The second-order valence-electron chi connectivity index (χ2n) is 4.67. The number of carbonyl (C=O) groups is 2. The van der Waals surface area contributed by atoms with Crippen LogP contribution in [0.5, 0.6) is 0 Å². The van der Waals surface area contributed by atoms with Crippen molar-refractivity contribution in [3.8, 4) is 0 Å². The molecule has 0 aliphatic rings. The average Bonchev–Trinajstić information content (AvgIpc) is 2.27. The Morgan fingerprint density at radius 1 is 1.05 bits per heavy atom. The van der Waals surface area contributed by atoms with E-state index >= 15 is 0 Å². The molecule has 0 saturated heterocycles. The number of halogens is 1. The van der Waals surface area contributed by atoms with Crippen molar-refractivity contribution in [1.82, 2.24) is 5.32 Å². The maximum Gasteiger partial charge on any atom is 0.221 e. The Bertz CT molecular complexity index is 430. The average molecular weight is 285 g/mol. The number of carbonyl (C=O) groups excluding carboxylic acids is 2. The molecule has 5 heteroatoms. The highest BCUT2D eigenvalue weighted by molar-refractivity contribution is 6.00. The molecule has 1 atom stereocenters. The summed E-state index contributed by atoms with van der Waals surface area (Å²) < 4.78 is 0. The van der Waals surface area contributed by atoms with Crippen LogP contribution >= 0.6 is 12.4 Å². The zero-order valence-corrected chi connectivity index (χ0v) is 12.5. The second-order valence-corrected chi connectivity index (χ2v) is 4.67. The molecule has 0 aromatic heterocycles. The predicted molar refractivity (Wildman–Crippen MR) is 80.1 cm³/mol. The van der Waals surface area contributed by atoms with Gasteiger partial charge in [0.15, 0.2) is 5.78 Å². The molecule has 0 fully saturated rings. The summed E-state index contributed by atoms with van der Waals surface area (Å²) in [6.07, 6.45) is 0. The largest absolute Gasteiger partial charge is 0.326 e. The fourth-order valence-electron chi connectivity index (χ4n) is 1.75. The summed E-state index contributed by atoms with van der Waals surface area (Å²) in [4.78, 5) is 22.9. The van der Waals surface area contributed by atoms with E-state index in [2.05, 4.69) is 10.6 Å². The lowest BCUT2D eigenvalue weighted by Crippen LogP contribution is -2.38. The number of ketones is 1. The van der Waals surface area contributed by atoms with Gasteiger partial charge in [-0.2, -0.15) is 0 Å². The first-order chi connectivity index (χ1) is 8.40. The van der Waals surface area contributed by atoms with Gasteiger partial charge in [-0.1, -0.05) is 13.8 Å². The van der Waals surface area contributed by atoms with Gasteiger partial charge >= 0.3 is 0 Å². The van der Waals surface area contributed by atoms with E-state index in [4.69, 9.17) is 0 Å². The molecule has 4 nitrogen and oxygen atoms in total. The monoisotopic (exact) mass is 284 g/mol. The van der Waals surface area contributed by atoms with E-state index in [-0.39, 0.29) is 36.2 Å². The molecule has 0 aliphatic heterocycles. The SMILES string of the molecule is CC(=O)Nc1ccc(C(=O)C(C)NC(C)C)cc1.Cl. The zero-order chi connectivity index (χ0) is 13.7. The van der Waals surface area contributed by atoms with E-state index in [0.717, 1.165) is 0 Å². The molecule has 0 saturated carbocycles. The topological polar surface area (TPSA) is 58.2 Å². The molecule has 1 amide bonds. The predicted octanol–water partition coefficient (Wildman–Crippen LogP) is 2.64. The highest BCUT2D eigenvalue weighted by Gasteiger charge is 2.15. The number of benzene rings is 1. The summed E-state index contributed by atoms with van der Waals surface area (Å²) in [6.45, 7) is 7.31. The number of Topliss-reactive ketones (excluding diaryl/α,β-unsaturated/α-hetero) is 1. The van der Waals surface area contributed by atoms with E-state index in [1.807, 2.05) is 20.8 Å². The fraction of sp³-hybridized carbons (Fsp3) is 0.429. The Kier molecular flexibility index (Phi) is 7.34. The molecule has 0 aliphatic carbocycles. The van der Waals surface area contributed by atoms with Crippen LogP contribution in [0.15, 0.2) is 24.3 Å². The summed E-state index contributed by atoms with van der Waals surface area (Å²) >= 11 is 0. The van der Waals surface area contributed by atoms with Gasteiger partial charge in [-0.05, 0) is 31.2 Å². The minimum absolute atomic E-state index is 0. The van der Waals surface area contributed by atoms with Gasteiger partial charge in [0, 0.05) is 24.2 Å². The number of rotatable bonds is 5. The summed E-state index contributed by atoms with van der Waals surface area (Å²) in [7, 11) is 0. The third kappa shape index (κ3) is 5.85. The quantitative estimate of drug-likeness (QED) is 0.817. The minimum atomic E-state index is -0.211. The van der Waals surface area contributed by atoms with Crippen LogP contribution in [0.25, 0.3) is 0 Å². The van der Waals surface area contributed by atoms with E-state index in [0.29, 0.717) is 11.3 Å². The highest BCUT2D eigenvalue weighted by Crippen LogP contribution is 2.11. The van der Waals surface area contributed by atoms with Crippen molar-refractivity contribution in [2.45, 2.75) is 39.8 Å². The van der Waals surface area contributed by atoms with Crippen LogP contribution in [0, 0.1) is 0 Å². The van der Waals surface area contributed by atoms with Crippen molar-refractivity contribution in [1.29, 1.82) is 0 Å². The van der Waals surface area contributed by atoms with Gasteiger partial charge in [-0.15, -0.1) is 12.4 Å². The number of hydrogen-bond acceptors (Lipinski definition) is 3. The Morgan fingerprint density at radius 2 is 1.58 bits per heavy atom. The van der Waals surface area contributed by atoms with Gasteiger partial charge in [0.2, 0.25) is 5.91 Å². The van der Waals surface area contributed by atoms with E-state index < -0.39 is 0 Å². The zero-order valence-electron chi connectivity index (χ0n) is 11.7. The Labute approximate surface area is 120 Å². The van der Waals surface area contributed by atoms with Crippen molar-refractivity contribution in [2.75, 3.05) is 5.32 Å². The van der Waals surface area contributed by atoms with Gasteiger partial charge < -0.3 is 10.6 Å². The molecule has 1 aromatic rings. The standard InChI is InChI=1S/C14H20N2O2.ClH/c1-9(2)15-10(3)14(18)12-5-7-13(8-6-12)16-11(4)17;/h5-10,15H,1-4H3,(H,16,17);1H. The van der Waals surface area contributed by atoms with Crippen LogP contribution in [0.3, 0.4) is 0 Å². The van der Waals surface area contributed by atoms with Crippen molar-refractivity contribution in [3.05, 3.63) is 29.8 Å². The van der Waals surface area contributed by atoms with E-state index in [1.165, 1.54) is 6.92 Å². The molecule has 106 valence electrons. The smallest absolute Gasteiger partial charge is 0.221 e. The molecule has 0 bridgehead atoms. The summed E-state index contributed by atoms with van der Waals surface area (Å²) in [6, 6.07) is 6.98. The van der Waals surface area contributed by atoms with Gasteiger partial charge in [-0.25, -0.2) is 0 Å². The third-order valence-corrected chi connectivity index (χ3v) is 2.47. The van der Waals surface area contributed by atoms with Crippen LogP contribution < -0.4 is 10.6 Å². The lowest BCUT2D eigenvalue weighted by molar-refractivity contribution is -0.114. The van der Waals surface area contributed by atoms with Crippen LogP contribution in [-0.2, 0) is 4.79 Å². The van der Waals surface area contributed by atoms with Crippen LogP contribution in [0.1, 0.15) is 38.1 Å². The molecule has 0 heterocycles. The van der Waals surface area contributed by atoms with Gasteiger partial charge in [0.1, 0.15) is 0 Å². The van der Waals surface area contributed by atoms with Gasteiger partial charge in [0.05, 0.1) is 6.04 Å². The van der Waals surface area contributed by atoms with E-state index in [9.17, 15) is 9.59 Å². The number of hydrogen-bond donors (Lipinski definition) is 2. The van der Waals surface area contributed by atoms with Crippen LogP contribution in [0.2, 0.25) is 0 Å². The van der Waals surface area contributed by atoms with Crippen molar-refractivity contribution < 1.29 is 9.59 Å². The van der Waals surface area contributed by atoms with Crippen LogP contribution in [0.4, 0.5) is 5.69 Å². The van der Waals surface area contributed by atoms with E-state index in [1.54, 1.807) is 24.3 Å². The lowest BCUT2D eigenvalue weighted by Gasteiger charge is -2.15. The molecule has 0 spiro atoms. The number of anilines is 1. The minimum Gasteiger partial charge on any atom is -0.326 e. The second kappa shape index (κ2) is 7.92. The van der Waals surface area contributed by atoms with Crippen molar-refractivity contribution in [2.24, 2.45) is 0 Å². The molecule has 0 radical (unpaired) electrons. The molecule has 1 aromatic carbocycles. The number of amides is 1. The molecule has 1 rings (SSSR count). The molecular weight excluding hydrogens is 264 g/mol. The first-order valence-electron chi connectivity index (χ1n) is 6.08. The molecule has 2 N–H and O–H groups in total. The highest BCUT2D eigenvalue weighted by atomic mass is 35.5. The first-order valence-corrected chi connectivity index (χ1v) is 6.08. The molecular formula is C14H21ClN2O2. The summed E-state index contributed by atoms with van der Waals surface area (Å²) in [5.74, 6) is -0.0676. The Hall–Kier alpha value is -1.39.